The van der Waals surface area contributed by atoms with E-state index in [1.54, 1.807) is 30.3 Å². The third-order valence-electron chi connectivity index (χ3n) is 4.32. The highest BCUT2D eigenvalue weighted by Gasteiger charge is 2.22. The fourth-order valence-electron chi connectivity index (χ4n) is 2.69. The van der Waals surface area contributed by atoms with Crippen LogP contribution in [-0.4, -0.2) is 31.2 Å². The third-order valence-corrected chi connectivity index (χ3v) is 4.63. The van der Waals surface area contributed by atoms with Crippen molar-refractivity contribution in [1.29, 1.82) is 0 Å². The summed E-state index contributed by atoms with van der Waals surface area (Å²) in [6, 6.07) is 7.66. The van der Waals surface area contributed by atoms with E-state index in [4.69, 9.17) is 21.1 Å². The molecular formula is C20H22ClNO5. The maximum Gasteiger partial charge on any atom is 0.305 e. The van der Waals surface area contributed by atoms with E-state index in [9.17, 15) is 14.7 Å². The number of carbonyl (C=O) groups excluding carboxylic acids is 1. The van der Waals surface area contributed by atoms with Gasteiger partial charge in [0.25, 0.3) is 5.91 Å². The fraction of sp³-hybridized carbons (Fsp3) is 0.300. The summed E-state index contributed by atoms with van der Waals surface area (Å²) in [5.74, 6) is -0.520. The van der Waals surface area contributed by atoms with Crippen LogP contribution in [0.25, 0.3) is 0 Å². The van der Waals surface area contributed by atoms with Crippen LogP contribution >= 0.6 is 11.6 Å². The quantitative estimate of drug-likeness (QED) is 0.747. The number of benzene rings is 2. The predicted octanol–water partition coefficient (Wildman–Crippen LogP) is 3.92. The van der Waals surface area contributed by atoms with Crippen molar-refractivity contribution in [1.82, 2.24) is 5.32 Å². The van der Waals surface area contributed by atoms with Gasteiger partial charge >= 0.3 is 5.97 Å². The van der Waals surface area contributed by atoms with Gasteiger partial charge in [-0.15, -0.1) is 0 Å². The molecule has 0 radical (unpaired) electrons. The molecule has 2 aromatic rings. The van der Waals surface area contributed by atoms with Crippen LogP contribution in [0.15, 0.2) is 30.3 Å². The molecule has 1 atom stereocenters. The van der Waals surface area contributed by atoms with Gasteiger partial charge in [-0.2, -0.15) is 0 Å². The number of hydrogen-bond donors (Lipinski definition) is 2. The SMILES string of the molecule is COc1ccc(C(CC(=O)O)NC(=O)c2cc(C)c(C)cc2Cl)cc1OC. The number of aryl methyl sites for hydroxylation is 2. The number of rotatable bonds is 7. The molecule has 0 fully saturated rings. The molecule has 144 valence electrons. The first-order valence-corrected chi connectivity index (χ1v) is 8.66. The summed E-state index contributed by atoms with van der Waals surface area (Å²) < 4.78 is 10.5. The molecule has 0 aromatic heterocycles. The Morgan fingerprint density at radius 3 is 2.30 bits per heavy atom. The number of amides is 1. The average molecular weight is 392 g/mol. The lowest BCUT2D eigenvalue weighted by Gasteiger charge is -2.20. The van der Waals surface area contributed by atoms with Crippen LogP contribution < -0.4 is 14.8 Å². The van der Waals surface area contributed by atoms with Crippen molar-refractivity contribution in [2.75, 3.05) is 14.2 Å². The summed E-state index contributed by atoms with van der Waals surface area (Å²) in [6.45, 7) is 3.78. The van der Waals surface area contributed by atoms with Crippen molar-refractivity contribution in [2.24, 2.45) is 0 Å². The summed E-state index contributed by atoms with van der Waals surface area (Å²) in [5, 5.41) is 12.3. The number of aliphatic carboxylic acids is 1. The number of carbonyl (C=O) groups is 2. The first-order valence-electron chi connectivity index (χ1n) is 8.28. The Hall–Kier alpha value is -2.73. The number of carboxylic acid groups (broad SMARTS) is 1. The summed E-state index contributed by atoms with van der Waals surface area (Å²) in [4.78, 5) is 24.0. The van der Waals surface area contributed by atoms with Crippen LogP contribution in [0.1, 0.15) is 39.5 Å². The van der Waals surface area contributed by atoms with Crippen molar-refractivity contribution in [3.8, 4) is 11.5 Å². The zero-order valence-corrected chi connectivity index (χ0v) is 16.4. The molecule has 7 heteroatoms. The summed E-state index contributed by atoms with van der Waals surface area (Å²) >= 11 is 6.21. The Morgan fingerprint density at radius 2 is 1.70 bits per heavy atom. The van der Waals surface area contributed by atoms with Crippen LogP contribution in [0.4, 0.5) is 0 Å². The summed E-state index contributed by atoms with van der Waals surface area (Å²) in [6.07, 6.45) is -0.288. The Balaban J connectivity index is 2.36. The van der Waals surface area contributed by atoms with E-state index < -0.39 is 17.9 Å². The molecule has 2 rings (SSSR count). The molecule has 0 spiro atoms. The highest BCUT2D eigenvalue weighted by Crippen LogP contribution is 2.31. The van der Waals surface area contributed by atoms with Crippen LogP contribution in [-0.2, 0) is 4.79 Å². The van der Waals surface area contributed by atoms with Gasteiger partial charge in [0.15, 0.2) is 11.5 Å². The van der Waals surface area contributed by atoms with Gasteiger partial charge in [-0.3, -0.25) is 9.59 Å². The number of nitrogens with one attached hydrogen (secondary N) is 1. The molecule has 0 aliphatic rings. The van der Waals surface area contributed by atoms with Gasteiger partial charge in [-0.05, 0) is 54.8 Å². The number of methoxy groups -OCH3 is 2. The molecule has 0 saturated heterocycles. The van der Waals surface area contributed by atoms with Crippen LogP contribution in [0.5, 0.6) is 11.5 Å². The van der Waals surface area contributed by atoms with E-state index in [0.717, 1.165) is 11.1 Å². The van der Waals surface area contributed by atoms with Crippen molar-refractivity contribution in [2.45, 2.75) is 26.3 Å². The maximum atomic E-state index is 12.7. The minimum atomic E-state index is -1.04. The molecule has 0 saturated carbocycles. The predicted molar refractivity (Wildman–Crippen MR) is 103 cm³/mol. The van der Waals surface area contributed by atoms with Crippen LogP contribution in [0.3, 0.4) is 0 Å². The maximum absolute atomic E-state index is 12.7. The zero-order chi connectivity index (χ0) is 20.1. The van der Waals surface area contributed by atoms with E-state index in [0.29, 0.717) is 27.6 Å². The van der Waals surface area contributed by atoms with Crippen molar-refractivity contribution in [3.05, 3.63) is 57.6 Å². The Bertz CT molecular complexity index is 866. The second-order valence-electron chi connectivity index (χ2n) is 6.15. The Morgan fingerprint density at radius 1 is 1.07 bits per heavy atom. The van der Waals surface area contributed by atoms with Gasteiger partial charge in [0.05, 0.1) is 37.3 Å². The normalized spacial score (nSPS) is 11.6. The second kappa shape index (κ2) is 8.77. The van der Waals surface area contributed by atoms with E-state index in [1.807, 2.05) is 13.8 Å². The van der Waals surface area contributed by atoms with Gasteiger partial charge in [-0.1, -0.05) is 17.7 Å². The number of ether oxygens (including phenoxy) is 2. The van der Waals surface area contributed by atoms with E-state index >= 15 is 0 Å². The molecule has 0 bridgehead atoms. The fourth-order valence-corrected chi connectivity index (χ4v) is 2.99. The van der Waals surface area contributed by atoms with Gasteiger partial charge in [0, 0.05) is 0 Å². The molecule has 0 aliphatic heterocycles. The first-order chi connectivity index (χ1) is 12.8. The molecule has 1 amide bonds. The summed E-state index contributed by atoms with van der Waals surface area (Å²) in [7, 11) is 3.00. The molecule has 2 N–H and O–H groups in total. The third kappa shape index (κ3) is 4.92. The van der Waals surface area contributed by atoms with Crippen molar-refractivity contribution < 1.29 is 24.2 Å². The molecule has 0 heterocycles. The first kappa shape index (κ1) is 20.6. The lowest BCUT2D eigenvalue weighted by Crippen LogP contribution is -2.30. The number of hydrogen-bond acceptors (Lipinski definition) is 4. The topological polar surface area (TPSA) is 84.9 Å². The largest absolute Gasteiger partial charge is 0.493 e. The van der Waals surface area contributed by atoms with E-state index in [-0.39, 0.29) is 6.42 Å². The van der Waals surface area contributed by atoms with Crippen LogP contribution in [0, 0.1) is 13.8 Å². The zero-order valence-electron chi connectivity index (χ0n) is 15.6. The minimum absolute atomic E-state index is 0.288. The average Bonchev–Trinajstić information content (AvgIpc) is 2.63. The smallest absolute Gasteiger partial charge is 0.305 e. The van der Waals surface area contributed by atoms with Gasteiger partial charge in [-0.25, -0.2) is 0 Å². The van der Waals surface area contributed by atoms with Gasteiger partial charge in [0.1, 0.15) is 0 Å². The Labute approximate surface area is 163 Å². The molecular weight excluding hydrogens is 370 g/mol. The minimum Gasteiger partial charge on any atom is -0.493 e. The molecule has 6 nitrogen and oxygen atoms in total. The monoisotopic (exact) mass is 391 g/mol. The van der Waals surface area contributed by atoms with Gasteiger partial charge < -0.3 is 19.9 Å². The summed E-state index contributed by atoms with van der Waals surface area (Å²) in [5.41, 5.74) is 2.78. The molecule has 1 unspecified atom stereocenters. The Kier molecular flexibility index (Phi) is 6.69. The lowest BCUT2D eigenvalue weighted by molar-refractivity contribution is -0.137. The second-order valence-corrected chi connectivity index (χ2v) is 6.56. The van der Waals surface area contributed by atoms with Crippen molar-refractivity contribution in [3.63, 3.8) is 0 Å². The van der Waals surface area contributed by atoms with E-state index in [1.165, 1.54) is 14.2 Å². The van der Waals surface area contributed by atoms with E-state index in [2.05, 4.69) is 5.32 Å². The van der Waals surface area contributed by atoms with Crippen LogP contribution in [0.2, 0.25) is 5.02 Å². The lowest BCUT2D eigenvalue weighted by atomic mass is 10.0. The number of carboxylic acids is 1. The standard InChI is InChI=1S/C20H22ClNO5/c1-11-7-14(15(21)8-12(11)2)20(25)22-16(10-19(23)24)13-5-6-17(26-3)18(9-13)27-4/h5-9,16H,10H2,1-4H3,(H,22,25)(H,23,24). The van der Waals surface area contributed by atoms with Gasteiger partial charge in [0.2, 0.25) is 0 Å². The highest BCUT2D eigenvalue weighted by atomic mass is 35.5. The highest BCUT2D eigenvalue weighted by molar-refractivity contribution is 6.34. The van der Waals surface area contributed by atoms with Crippen molar-refractivity contribution >= 4 is 23.5 Å². The molecule has 27 heavy (non-hydrogen) atoms. The molecule has 2 aromatic carbocycles. The number of halogens is 1. The molecule has 0 aliphatic carbocycles.